The third kappa shape index (κ3) is 4.02. The zero-order chi connectivity index (χ0) is 17.8. The van der Waals surface area contributed by atoms with Gasteiger partial charge in [-0.1, -0.05) is 0 Å². The first-order valence-corrected chi connectivity index (χ1v) is 7.21. The van der Waals surface area contributed by atoms with E-state index < -0.39 is 4.92 Å². The largest absolute Gasteiger partial charge is 0.324 e. The predicted octanol–water partition coefficient (Wildman–Crippen LogP) is 2.63. The summed E-state index contributed by atoms with van der Waals surface area (Å²) in [6, 6.07) is 11.2. The molecule has 9 heteroatoms. The second-order valence-electron chi connectivity index (χ2n) is 5.12. The van der Waals surface area contributed by atoms with Crippen LogP contribution >= 0.6 is 0 Å². The maximum atomic E-state index is 12.8. The molecule has 0 saturated carbocycles. The number of carbonyl (C=O) groups excluding carboxylic acids is 1. The number of non-ortho nitro benzene ring substituents is 1. The minimum Gasteiger partial charge on any atom is -0.324 e. The average Bonchev–Trinajstić information content (AvgIpc) is 3.05. The molecular weight excluding hydrogens is 329 g/mol. The van der Waals surface area contributed by atoms with Crippen molar-refractivity contribution < 1.29 is 14.1 Å². The molecule has 0 unspecified atom stereocenters. The van der Waals surface area contributed by atoms with E-state index in [0.29, 0.717) is 17.1 Å². The minimum absolute atomic E-state index is 0.0261. The summed E-state index contributed by atoms with van der Waals surface area (Å²) in [5, 5.41) is 17.4. The van der Waals surface area contributed by atoms with Crippen LogP contribution < -0.4 is 5.32 Å². The Morgan fingerprint density at radius 1 is 1.16 bits per heavy atom. The summed E-state index contributed by atoms with van der Waals surface area (Å²) in [5.41, 5.74) is 1.05. The number of rotatable bonds is 5. The molecule has 1 amide bonds. The molecule has 1 heterocycles. The summed E-state index contributed by atoms with van der Waals surface area (Å²) in [6.07, 6.45) is 1.39. The van der Waals surface area contributed by atoms with E-state index in [2.05, 4.69) is 15.4 Å². The number of aromatic nitrogens is 3. The summed E-state index contributed by atoms with van der Waals surface area (Å²) in [4.78, 5) is 26.2. The number of nitro groups is 1. The number of halogens is 1. The van der Waals surface area contributed by atoms with E-state index in [1.165, 1.54) is 59.5 Å². The van der Waals surface area contributed by atoms with Crippen LogP contribution in [0.3, 0.4) is 0 Å². The zero-order valence-electron chi connectivity index (χ0n) is 12.8. The van der Waals surface area contributed by atoms with Gasteiger partial charge in [0.1, 0.15) is 18.7 Å². The molecule has 0 spiro atoms. The number of amides is 1. The zero-order valence-corrected chi connectivity index (χ0v) is 12.8. The molecule has 0 atom stereocenters. The van der Waals surface area contributed by atoms with Gasteiger partial charge in [0.05, 0.1) is 4.92 Å². The van der Waals surface area contributed by atoms with E-state index in [4.69, 9.17) is 0 Å². The third-order valence-electron chi connectivity index (χ3n) is 3.31. The van der Waals surface area contributed by atoms with Gasteiger partial charge in [-0.3, -0.25) is 14.9 Å². The first-order valence-electron chi connectivity index (χ1n) is 7.21. The van der Waals surface area contributed by atoms with Crippen molar-refractivity contribution in [1.29, 1.82) is 0 Å². The van der Waals surface area contributed by atoms with Crippen molar-refractivity contribution in [2.75, 3.05) is 5.32 Å². The highest BCUT2D eigenvalue weighted by molar-refractivity contribution is 5.90. The van der Waals surface area contributed by atoms with E-state index in [0.717, 1.165) is 0 Å². The minimum atomic E-state index is -0.490. The van der Waals surface area contributed by atoms with Gasteiger partial charge in [-0.2, -0.15) is 5.10 Å². The van der Waals surface area contributed by atoms with Gasteiger partial charge in [0.15, 0.2) is 5.82 Å². The molecule has 25 heavy (non-hydrogen) atoms. The lowest BCUT2D eigenvalue weighted by atomic mass is 10.2. The molecule has 0 fully saturated rings. The highest BCUT2D eigenvalue weighted by Crippen LogP contribution is 2.18. The van der Waals surface area contributed by atoms with Crippen LogP contribution in [0.2, 0.25) is 0 Å². The summed E-state index contributed by atoms with van der Waals surface area (Å²) < 4.78 is 14.2. The second kappa shape index (κ2) is 6.87. The van der Waals surface area contributed by atoms with E-state index in [1.807, 2.05) is 0 Å². The number of nitrogens with zero attached hydrogens (tertiary/aromatic N) is 4. The Morgan fingerprint density at radius 2 is 1.84 bits per heavy atom. The quantitative estimate of drug-likeness (QED) is 0.567. The van der Waals surface area contributed by atoms with Crippen LogP contribution in [-0.4, -0.2) is 25.6 Å². The number of carbonyl (C=O) groups is 1. The Hall–Kier alpha value is -3.62. The van der Waals surface area contributed by atoms with Crippen molar-refractivity contribution in [3.8, 4) is 11.4 Å². The molecule has 3 rings (SSSR count). The van der Waals surface area contributed by atoms with Crippen LogP contribution in [0.5, 0.6) is 0 Å². The van der Waals surface area contributed by atoms with Gasteiger partial charge in [-0.05, 0) is 36.4 Å². The third-order valence-corrected chi connectivity index (χ3v) is 3.31. The first kappa shape index (κ1) is 16.2. The lowest BCUT2D eigenvalue weighted by Gasteiger charge is -2.04. The number of benzene rings is 2. The SMILES string of the molecule is O=C(Cn1cnc(-c2ccc([N+](=O)[O-])cc2)n1)Nc1ccc(F)cc1. The summed E-state index contributed by atoms with van der Waals surface area (Å²) in [5.74, 6) is -0.377. The maximum absolute atomic E-state index is 12.8. The monoisotopic (exact) mass is 341 g/mol. The molecule has 8 nitrogen and oxygen atoms in total. The van der Waals surface area contributed by atoms with Crippen LogP contribution in [0.1, 0.15) is 0 Å². The van der Waals surface area contributed by atoms with E-state index in [-0.39, 0.29) is 24.0 Å². The molecule has 0 aliphatic rings. The van der Waals surface area contributed by atoms with E-state index in [1.54, 1.807) is 0 Å². The molecule has 1 aromatic heterocycles. The molecule has 0 aliphatic carbocycles. The van der Waals surface area contributed by atoms with Crippen LogP contribution in [0.25, 0.3) is 11.4 Å². The van der Waals surface area contributed by atoms with Crippen LogP contribution in [0.15, 0.2) is 54.9 Å². The fraction of sp³-hybridized carbons (Fsp3) is 0.0625. The molecule has 3 aromatic rings. The first-order chi connectivity index (χ1) is 12.0. The standard InChI is InChI=1S/C16H12FN5O3/c17-12-3-5-13(6-4-12)19-15(23)9-21-10-18-16(20-21)11-1-7-14(8-2-11)22(24)25/h1-8,10H,9H2,(H,19,23). The maximum Gasteiger partial charge on any atom is 0.269 e. The number of anilines is 1. The number of hydrogen-bond acceptors (Lipinski definition) is 5. The van der Waals surface area contributed by atoms with Gasteiger partial charge in [-0.25, -0.2) is 14.1 Å². The highest BCUT2D eigenvalue weighted by Gasteiger charge is 2.10. The Morgan fingerprint density at radius 3 is 2.48 bits per heavy atom. The number of nitrogens with one attached hydrogen (secondary N) is 1. The molecule has 2 aromatic carbocycles. The average molecular weight is 341 g/mol. The normalized spacial score (nSPS) is 10.4. The lowest BCUT2D eigenvalue weighted by molar-refractivity contribution is -0.384. The van der Waals surface area contributed by atoms with Gasteiger partial charge in [0.2, 0.25) is 5.91 Å². The Bertz CT molecular complexity index is 906. The molecule has 0 aliphatic heterocycles. The van der Waals surface area contributed by atoms with Crippen molar-refractivity contribution in [2.45, 2.75) is 6.54 Å². The van der Waals surface area contributed by atoms with E-state index >= 15 is 0 Å². The topological polar surface area (TPSA) is 103 Å². The number of hydrogen-bond donors (Lipinski definition) is 1. The highest BCUT2D eigenvalue weighted by atomic mass is 19.1. The van der Waals surface area contributed by atoms with Crippen molar-refractivity contribution >= 4 is 17.3 Å². The molecule has 126 valence electrons. The lowest BCUT2D eigenvalue weighted by Crippen LogP contribution is -2.19. The molecule has 0 saturated heterocycles. The number of nitro benzene ring substituents is 1. The predicted molar refractivity (Wildman–Crippen MR) is 87.1 cm³/mol. The second-order valence-corrected chi connectivity index (χ2v) is 5.12. The smallest absolute Gasteiger partial charge is 0.269 e. The molecule has 0 bridgehead atoms. The van der Waals surface area contributed by atoms with Crippen LogP contribution in [0.4, 0.5) is 15.8 Å². The van der Waals surface area contributed by atoms with Crippen molar-refractivity contribution in [3.05, 3.63) is 70.8 Å². The Kier molecular flexibility index (Phi) is 4.46. The van der Waals surface area contributed by atoms with Gasteiger partial charge in [-0.15, -0.1) is 0 Å². The van der Waals surface area contributed by atoms with Gasteiger partial charge in [0, 0.05) is 23.4 Å². The molecule has 1 N–H and O–H groups in total. The van der Waals surface area contributed by atoms with Crippen molar-refractivity contribution in [1.82, 2.24) is 14.8 Å². The van der Waals surface area contributed by atoms with Gasteiger partial charge < -0.3 is 5.32 Å². The van der Waals surface area contributed by atoms with Crippen molar-refractivity contribution in [2.24, 2.45) is 0 Å². The molecule has 0 radical (unpaired) electrons. The van der Waals surface area contributed by atoms with Gasteiger partial charge in [0.25, 0.3) is 5.69 Å². The summed E-state index contributed by atoms with van der Waals surface area (Å²) in [6.45, 7) is -0.0721. The van der Waals surface area contributed by atoms with E-state index in [9.17, 15) is 19.3 Å². The van der Waals surface area contributed by atoms with Gasteiger partial charge >= 0.3 is 0 Å². The van der Waals surface area contributed by atoms with Crippen LogP contribution in [-0.2, 0) is 11.3 Å². The fourth-order valence-electron chi connectivity index (χ4n) is 2.12. The van der Waals surface area contributed by atoms with Crippen LogP contribution in [0, 0.1) is 15.9 Å². The van der Waals surface area contributed by atoms with Crippen molar-refractivity contribution in [3.63, 3.8) is 0 Å². The Labute approximate surface area is 141 Å². The summed E-state index contributed by atoms with van der Waals surface area (Å²) >= 11 is 0. The Balaban J connectivity index is 1.65. The summed E-state index contributed by atoms with van der Waals surface area (Å²) in [7, 11) is 0. The molecular formula is C16H12FN5O3. The fourth-order valence-corrected chi connectivity index (χ4v) is 2.12.